The van der Waals surface area contributed by atoms with Crippen LogP contribution in [0.25, 0.3) is 10.8 Å². The molecule has 39 heavy (non-hydrogen) atoms. The van der Waals surface area contributed by atoms with Gasteiger partial charge in [0.05, 0.1) is 26.0 Å². The summed E-state index contributed by atoms with van der Waals surface area (Å²) in [5.41, 5.74) is 7.66. The Kier molecular flexibility index (Phi) is 9.73. The molecule has 11 heteroatoms. The van der Waals surface area contributed by atoms with E-state index in [1.54, 1.807) is 19.5 Å². The molecule has 0 bridgehead atoms. The van der Waals surface area contributed by atoms with Gasteiger partial charge in [-0.25, -0.2) is 0 Å². The normalized spacial score (nSPS) is 18.4. The van der Waals surface area contributed by atoms with Crippen LogP contribution < -0.4 is 30.7 Å². The monoisotopic (exact) mass is 536 g/mol. The van der Waals surface area contributed by atoms with Crippen LogP contribution in [0.15, 0.2) is 36.7 Å². The lowest BCUT2D eigenvalue weighted by Crippen LogP contribution is -2.50. The minimum atomic E-state index is 0.0367. The minimum Gasteiger partial charge on any atom is -0.493 e. The van der Waals surface area contributed by atoms with E-state index in [1.165, 1.54) is 0 Å². The molecule has 0 amide bonds. The number of aromatic nitrogens is 3. The lowest BCUT2D eigenvalue weighted by atomic mass is 10.0. The average molecular weight is 537 g/mol. The Bertz CT molecular complexity index is 1190. The Morgan fingerprint density at radius 2 is 1.92 bits per heavy atom. The van der Waals surface area contributed by atoms with E-state index in [-0.39, 0.29) is 6.23 Å². The fraction of sp³-hybridized carbons (Fsp3) is 0.536. The molecule has 4 heterocycles. The van der Waals surface area contributed by atoms with E-state index in [0.29, 0.717) is 25.3 Å². The van der Waals surface area contributed by atoms with E-state index in [2.05, 4.69) is 42.6 Å². The van der Waals surface area contributed by atoms with Gasteiger partial charge in [0, 0.05) is 88.5 Å². The summed E-state index contributed by atoms with van der Waals surface area (Å²) in [6, 6.07) is 8.16. The number of ether oxygens (including phenoxy) is 3. The maximum Gasteiger partial charge on any atom is 0.161 e. The van der Waals surface area contributed by atoms with Crippen LogP contribution in [0.2, 0.25) is 0 Å². The van der Waals surface area contributed by atoms with Gasteiger partial charge in [-0.2, -0.15) is 5.10 Å². The maximum absolute atomic E-state index is 6.32. The van der Waals surface area contributed by atoms with Crippen LogP contribution in [0.3, 0.4) is 0 Å². The van der Waals surface area contributed by atoms with E-state index >= 15 is 0 Å². The fourth-order valence-electron chi connectivity index (χ4n) is 5.15. The third-order valence-electron chi connectivity index (χ3n) is 7.20. The van der Waals surface area contributed by atoms with Crippen molar-refractivity contribution in [3.05, 3.63) is 47.9 Å². The van der Waals surface area contributed by atoms with Crippen molar-refractivity contribution < 1.29 is 14.2 Å². The van der Waals surface area contributed by atoms with Crippen molar-refractivity contribution in [3.8, 4) is 11.5 Å². The molecule has 0 saturated carbocycles. The molecular formula is C28H40N8O3. The second-order valence-corrected chi connectivity index (χ2v) is 9.89. The number of hydrogen-bond donors (Lipinski definition) is 3. The SMILES string of the molecule is COc1cc2c(Cc3ccncc3)nnc(N3CCNCC3)c2cc1OCCCN1CCOC(NCCN)C1. The van der Waals surface area contributed by atoms with Crippen molar-refractivity contribution in [2.75, 3.05) is 84.1 Å². The molecule has 1 unspecified atom stereocenters. The highest BCUT2D eigenvalue weighted by Crippen LogP contribution is 2.37. The summed E-state index contributed by atoms with van der Waals surface area (Å²) >= 11 is 0. The van der Waals surface area contributed by atoms with Gasteiger partial charge in [-0.3, -0.25) is 15.2 Å². The first-order chi connectivity index (χ1) is 19.2. The van der Waals surface area contributed by atoms with Crippen LogP contribution >= 0.6 is 0 Å². The van der Waals surface area contributed by atoms with Crippen LogP contribution in [-0.2, 0) is 11.2 Å². The smallest absolute Gasteiger partial charge is 0.161 e. The summed E-state index contributed by atoms with van der Waals surface area (Å²) in [7, 11) is 1.69. The highest BCUT2D eigenvalue weighted by atomic mass is 16.5. The van der Waals surface area contributed by atoms with Crippen LogP contribution in [-0.4, -0.2) is 106 Å². The molecule has 2 aliphatic rings. The van der Waals surface area contributed by atoms with E-state index in [4.69, 9.17) is 25.0 Å². The Labute approximate surface area is 230 Å². The summed E-state index contributed by atoms with van der Waals surface area (Å²) in [6.07, 6.45) is 5.21. The Balaban J connectivity index is 1.33. The highest BCUT2D eigenvalue weighted by Gasteiger charge is 2.22. The Hall–Kier alpha value is -3.09. The van der Waals surface area contributed by atoms with Crippen molar-refractivity contribution in [1.29, 1.82) is 0 Å². The Morgan fingerprint density at radius 3 is 2.72 bits per heavy atom. The molecule has 5 rings (SSSR count). The lowest BCUT2D eigenvalue weighted by Gasteiger charge is -2.33. The number of benzene rings is 1. The molecule has 11 nitrogen and oxygen atoms in total. The molecule has 2 aliphatic heterocycles. The van der Waals surface area contributed by atoms with Gasteiger partial charge in [-0.1, -0.05) is 0 Å². The predicted molar refractivity (Wildman–Crippen MR) is 152 cm³/mol. The first-order valence-electron chi connectivity index (χ1n) is 13.9. The van der Waals surface area contributed by atoms with Gasteiger partial charge < -0.3 is 30.2 Å². The molecular weight excluding hydrogens is 496 g/mol. The number of morpholine rings is 1. The topological polar surface area (TPSA) is 123 Å². The molecule has 2 saturated heterocycles. The summed E-state index contributed by atoms with van der Waals surface area (Å²) in [4.78, 5) is 8.84. The number of anilines is 1. The molecule has 2 aromatic heterocycles. The predicted octanol–water partition coefficient (Wildman–Crippen LogP) is 1.01. The summed E-state index contributed by atoms with van der Waals surface area (Å²) in [5, 5.41) is 18.2. The molecule has 1 atom stereocenters. The van der Waals surface area contributed by atoms with E-state index in [0.717, 1.165) is 99.0 Å². The second-order valence-electron chi connectivity index (χ2n) is 9.89. The van der Waals surface area contributed by atoms with Gasteiger partial charge in [0.25, 0.3) is 0 Å². The first-order valence-corrected chi connectivity index (χ1v) is 13.9. The van der Waals surface area contributed by atoms with Gasteiger partial charge in [0.15, 0.2) is 17.3 Å². The third-order valence-corrected chi connectivity index (χ3v) is 7.20. The number of nitrogens with one attached hydrogen (secondary N) is 2. The van der Waals surface area contributed by atoms with Gasteiger partial charge in [-0.15, -0.1) is 5.10 Å². The van der Waals surface area contributed by atoms with E-state index in [1.807, 2.05) is 12.1 Å². The Morgan fingerprint density at radius 1 is 1.10 bits per heavy atom. The van der Waals surface area contributed by atoms with Gasteiger partial charge in [0.2, 0.25) is 0 Å². The van der Waals surface area contributed by atoms with Crippen molar-refractivity contribution in [2.45, 2.75) is 19.1 Å². The van der Waals surface area contributed by atoms with Crippen LogP contribution in [0.4, 0.5) is 5.82 Å². The molecule has 1 aromatic carbocycles. The summed E-state index contributed by atoms with van der Waals surface area (Å²) in [5.74, 6) is 2.32. The molecule has 3 aromatic rings. The molecule has 2 fully saturated rings. The minimum absolute atomic E-state index is 0.0367. The average Bonchev–Trinajstić information content (AvgIpc) is 2.99. The van der Waals surface area contributed by atoms with E-state index < -0.39 is 0 Å². The van der Waals surface area contributed by atoms with Crippen molar-refractivity contribution >= 4 is 16.6 Å². The molecule has 4 N–H and O–H groups in total. The number of piperazine rings is 1. The standard InChI is InChI=1S/C28H40N8O3/c1-37-25-18-22-23(19-26(25)38-15-2-11-35-14-16-39-27(20-35)32-8-5-29)28(36-12-9-31-10-13-36)34-33-24(22)17-21-3-6-30-7-4-21/h3-4,6-7,18-19,27,31-32H,2,5,8-17,20,29H2,1H3. The van der Waals surface area contributed by atoms with Gasteiger partial charge >= 0.3 is 0 Å². The number of rotatable bonds is 12. The van der Waals surface area contributed by atoms with Crippen molar-refractivity contribution in [3.63, 3.8) is 0 Å². The zero-order valence-electron chi connectivity index (χ0n) is 22.8. The summed E-state index contributed by atoms with van der Waals surface area (Å²) in [6.45, 7) is 9.00. The largest absolute Gasteiger partial charge is 0.493 e. The van der Waals surface area contributed by atoms with E-state index in [9.17, 15) is 0 Å². The second kappa shape index (κ2) is 13.8. The number of pyridine rings is 1. The number of hydrogen-bond acceptors (Lipinski definition) is 11. The quantitative estimate of drug-likeness (QED) is 0.287. The molecule has 0 spiro atoms. The van der Waals surface area contributed by atoms with Crippen LogP contribution in [0.5, 0.6) is 11.5 Å². The number of nitrogens with zero attached hydrogens (tertiary/aromatic N) is 5. The zero-order valence-corrected chi connectivity index (χ0v) is 22.8. The number of methoxy groups -OCH3 is 1. The van der Waals surface area contributed by atoms with Crippen molar-refractivity contribution in [2.24, 2.45) is 5.73 Å². The van der Waals surface area contributed by atoms with Gasteiger partial charge in [-0.05, 0) is 36.2 Å². The fourth-order valence-corrected chi connectivity index (χ4v) is 5.15. The summed E-state index contributed by atoms with van der Waals surface area (Å²) < 4.78 is 17.9. The van der Waals surface area contributed by atoms with Crippen molar-refractivity contribution in [1.82, 2.24) is 30.7 Å². The molecule has 210 valence electrons. The maximum atomic E-state index is 6.32. The number of nitrogens with two attached hydrogens (primary N) is 1. The molecule has 0 aliphatic carbocycles. The zero-order chi connectivity index (χ0) is 26.9. The lowest BCUT2D eigenvalue weighted by molar-refractivity contribution is -0.0455. The van der Waals surface area contributed by atoms with Crippen LogP contribution in [0, 0.1) is 0 Å². The third kappa shape index (κ3) is 7.11. The number of fused-ring (bicyclic) bond motifs is 1. The first kappa shape index (κ1) is 27.5. The highest BCUT2D eigenvalue weighted by molar-refractivity contribution is 5.96. The molecule has 0 radical (unpaired) electrons. The van der Waals surface area contributed by atoms with Gasteiger partial charge in [0.1, 0.15) is 6.23 Å². The van der Waals surface area contributed by atoms with Crippen LogP contribution in [0.1, 0.15) is 17.7 Å².